The van der Waals surface area contributed by atoms with Crippen LogP contribution in [0.2, 0.25) is 0 Å². The lowest BCUT2D eigenvalue weighted by Gasteiger charge is -2.39. The zero-order chi connectivity index (χ0) is 22.8. The molecule has 32 heavy (non-hydrogen) atoms. The quantitative estimate of drug-likeness (QED) is 0.633. The third-order valence-corrected chi connectivity index (χ3v) is 7.40. The molecule has 1 heterocycles. The molecule has 2 aliphatic carbocycles. The van der Waals surface area contributed by atoms with Crippen LogP contribution in [0.4, 0.5) is 0 Å². The highest BCUT2D eigenvalue weighted by atomic mass is 16.3. The predicted octanol–water partition coefficient (Wildman–Crippen LogP) is 3.74. The first kappa shape index (κ1) is 22.9. The molecule has 0 bridgehead atoms. The van der Waals surface area contributed by atoms with Gasteiger partial charge in [0.1, 0.15) is 5.82 Å². The van der Waals surface area contributed by atoms with Gasteiger partial charge < -0.3 is 10.2 Å². The highest BCUT2D eigenvalue weighted by Crippen LogP contribution is 2.41. The molecule has 174 valence electrons. The van der Waals surface area contributed by atoms with E-state index in [2.05, 4.69) is 5.43 Å². The van der Waals surface area contributed by atoms with E-state index in [1.165, 1.54) is 4.68 Å². The topological polar surface area (TPSA) is 104 Å². The Hall–Kier alpha value is -2.25. The van der Waals surface area contributed by atoms with E-state index in [0.717, 1.165) is 38.5 Å². The summed E-state index contributed by atoms with van der Waals surface area (Å²) < 4.78 is 1.23. The number of nitrogens with one attached hydrogen (secondary N) is 1. The van der Waals surface area contributed by atoms with Crippen LogP contribution in [0.15, 0.2) is 29.1 Å². The minimum Gasteiger partial charge on any atom is -0.389 e. The van der Waals surface area contributed by atoms with Gasteiger partial charge in [-0.3, -0.25) is 15.0 Å². The molecule has 0 spiro atoms. The van der Waals surface area contributed by atoms with Crippen LogP contribution in [0.3, 0.4) is 0 Å². The number of nitrogens with zero attached hydrogens (tertiary/aromatic N) is 2. The minimum atomic E-state index is -1.03. The number of amides is 1. The summed E-state index contributed by atoms with van der Waals surface area (Å²) in [5.41, 5.74) is 0.968. The maximum Gasteiger partial charge on any atom is 0.280 e. The SMILES string of the molecule is CCC(c1nc2ccccc2c(=O)n1NC(=O)CC1(O)CCCCC1)C1(O)CCCCC1. The Labute approximate surface area is 188 Å². The van der Waals surface area contributed by atoms with Crippen LogP contribution in [-0.2, 0) is 4.79 Å². The van der Waals surface area contributed by atoms with Gasteiger partial charge in [0.2, 0.25) is 5.91 Å². The van der Waals surface area contributed by atoms with Crippen molar-refractivity contribution in [1.29, 1.82) is 0 Å². The smallest absolute Gasteiger partial charge is 0.280 e. The second kappa shape index (κ2) is 9.32. The Bertz CT molecular complexity index is 1020. The largest absolute Gasteiger partial charge is 0.389 e. The molecular weight excluding hydrogens is 406 g/mol. The van der Waals surface area contributed by atoms with Gasteiger partial charge in [-0.1, -0.05) is 57.6 Å². The van der Waals surface area contributed by atoms with Gasteiger partial charge in [-0.15, -0.1) is 0 Å². The third-order valence-electron chi connectivity index (χ3n) is 7.40. The first-order chi connectivity index (χ1) is 15.4. The van der Waals surface area contributed by atoms with Crippen molar-refractivity contribution >= 4 is 16.8 Å². The number of hydrogen-bond acceptors (Lipinski definition) is 5. The van der Waals surface area contributed by atoms with Crippen LogP contribution in [0.1, 0.15) is 95.7 Å². The van der Waals surface area contributed by atoms with Crippen LogP contribution in [0.5, 0.6) is 0 Å². The molecular formula is C25H35N3O4. The standard InChI is InChI=1S/C25H35N3O4/c1-2-19(25(32)15-9-4-10-16-25)22-26-20-12-6-5-11-18(20)23(30)28(22)27-21(29)17-24(31)13-7-3-8-14-24/h5-6,11-12,19,31-32H,2-4,7-10,13-17H2,1H3,(H,27,29). The van der Waals surface area contributed by atoms with E-state index >= 15 is 0 Å². The van der Waals surface area contributed by atoms with Gasteiger partial charge in [0.25, 0.3) is 5.56 Å². The van der Waals surface area contributed by atoms with E-state index in [0.29, 0.717) is 48.8 Å². The molecule has 7 heteroatoms. The molecule has 3 N–H and O–H groups in total. The molecule has 1 unspecified atom stereocenters. The van der Waals surface area contributed by atoms with Crippen molar-refractivity contribution < 1.29 is 15.0 Å². The van der Waals surface area contributed by atoms with Crippen molar-refractivity contribution in [2.45, 2.75) is 101 Å². The Morgan fingerprint density at radius 1 is 1.06 bits per heavy atom. The number of benzene rings is 1. The summed E-state index contributed by atoms with van der Waals surface area (Å²) in [6, 6.07) is 7.08. The summed E-state index contributed by atoms with van der Waals surface area (Å²) in [6.45, 7) is 1.98. The highest BCUT2D eigenvalue weighted by Gasteiger charge is 2.41. The van der Waals surface area contributed by atoms with Crippen LogP contribution >= 0.6 is 0 Å². The molecule has 0 radical (unpaired) electrons. The molecule has 1 amide bonds. The second-order valence-corrected chi connectivity index (χ2v) is 9.75. The fourth-order valence-electron chi connectivity index (χ4n) is 5.66. The third kappa shape index (κ3) is 4.59. The Kier molecular flexibility index (Phi) is 6.67. The van der Waals surface area contributed by atoms with Crippen molar-refractivity contribution in [2.75, 3.05) is 5.43 Å². The number of aromatic nitrogens is 2. The summed E-state index contributed by atoms with van der Waals surface area (Å²) in [4.78, 5) is 31.2. The zero-order valence-electron chi connectivity index (χ0n) is 19.0. The summed E-state index contributed by atoms with van der Waals surface area (Å²) in [7, 11) is 0. The Morgan fingerprint density at radius 3 is 2.34 bits per heavy atom. The van der Waals surface area contributed by atoms with Gasteiger partial charge in [-0.25, -0.2) is 9.66 Å². The number of rotatable bonds is 6. The van der Waals surface area contributed by atoms with E-state index in [1.807, 2.05) is 13.0 Å². The van der Waals surface area contributed by atoms with E-state index in [9.17, 15) is 19.8 Å². The average molecular weight is 442 g/mol. The summed E-state index contributed by atoms with van der Waals surface area (Å²) in [5, 5.41) is 22.7. The Balaban J connectivity index is 1.73. The van der Waals surface area contributed by atoms with Gasteiger partial charge in [0.05, 0.1) is 28.5 Å². The molecule has 2 fully saturated rings. The number of para-hydroxylation sites is 1. The molecule has 0 aliphatic heterocycles. The number of hydrogen-bond donors (Lipinski definition) is 3. The fourth-order valence-corrected chi connectivity index (χ4v) is 5.66. The van der Waals surface area contributed by atoms with Crippen LogP contribution in [-0.4, -0.2) is 37.0 Å². The predicted molar refractivity (Wildman–Crippen MR) is 124 cm³/mol. The normalized spacial score (nSPS) is 21.2. The molecule has 1 aromatic heterocycles. The Morgan fingerprint density at radius 2 is 1.69 bits per heavy atom. The number of aliphatic hydroxyl groups is 2. The van der Waals surface area contributed by atoms with Gasteiger partial charge in [-0.2, -0.15) is 0 Å². The van der Waals surface area contributed by atoms with Crippen LogP contribution in [0, 0.1) is 0 Å². The molecule has 2 aliphatic rings. The van der Waals surface area contributed by atoms with E-state index in [4.69, 9.17) is 4.98 Å². The van der Waals surface area contributed by atoms with Crippen molar-refractivity contribution in [3.63, 3.8) is 0 Å². The van der Waals surface area contributed by atoms with Crippen molar-refractivity contribution in [2.24, 2.45) is 0 Å². The van der Waals surface area contributed by atoms with Crippen molar-refractivity contribution in [3.05, 3.63) is 40.4 Å². The van der Waals surface area contributed by atoms with Crippen molar-refractivity contribution in [1.82, 2.24) is 9.66 Å². The van der Waals surface area contributed by atoms with Crippen molar-refractivity contribution in [3.8, 4) is 0 Å². The number of carbonyl (C=O) groups is 1. The number of fused-ring (bicyclic) bond motifs is 1. The van der Waals surface area contributed by atoms with Gasteiger partial charge >= 0.3 is 0 Å². The summed E-state index contributed by atoms with van der Waals surface area (Å²) in [5.74, 6) is -0.386. The minimum absolute atomic E-state index is 0.0488. The van der Waals surface area contributed by atoms with Gasteiger partial charge in [-0.05, 0) is 44.2 Å². The average Bonchev–Trinajstić information content (AvgIpc) is 2.77. The molecule has 7 nitrogen and oxygen atoms in total. The second-order valence-electron chi connectivity index (χ2n) is 9.75. The maximum absolute atomic E-state index is 13.4. The van der Waals surface area contributed by atoms with Gasteiger partial charge in [0, 0.05) is 5.92 Å². The lowest BCUT2D eigenvalue weighted by atomic mass is 9.74. The lowest BCUT2D eigenvalue weighted by Crippen LogP contribution is -2.45. The summed E-state index contributed by atoms with van der Waals surface area (Å²) >= 11 is 0. The van der Waals surface area contributed by atoms with Crippen LogP contribution in [0.25, 0.3) is 10.9 Å². The van der Waals surface area contributed by atoms with E-state index in [1.54, 1.807) is 18.2 Å². The first-order valence-electron chi connectivity index (χ1n) is 12.1. The fraction of sp³-hybridized carbons (Fsp3) is 0.640. The lowest BCUT2D eigenvalue weighted by molar-refractivity contribution is -0.123. The maximum atomic E-state index is 13.4. The van der Waals surface area contributed by atoms with E-state index < -0.39 is 17.1 Å². The summed E-state index contributed by atoms with van der Waals surface area (Å²) in [6.07, 6.45) is 8.87. The van der Waals surface area contributed by atoms with Gasteiger partial charge in [0.15, 0.2) is 0 Å². The molecule has 1 aromatic carbocycles. The number of carbonyl (C=O) groups excluding carboxylic acids is 1. The molecule has 2 saturated carbocycles. The van der Waals surface area contributed by atoms with E-state index in [-0.39, 0.29) is 17.9 Å². The molecule has 4 rings (SSSR count). The molecule has 1 atom stereocenters. The monoisotopic (exact) mass is 441 g/mol. The first-order valence-corrected chi connectivity index (χ1v) is 12.1. The highest BCUT2D eigenvalue weighted by molar-refractivity contribution is 5.85. The zero-order valence-corrected chi connectivity index (χ0v) is 19.0. The molecule has 2 aromatic rings. The van der Waals surface area contributed by atoms with Crippen LogP contribution < -0.4 is 11.0 Å². The molecule has 0 saturated heterocycles.